The van der Waals surface area contributed by atoms with Gasteiger partial charge in [-0.1, -0.05) is 25.9 Å². The van der Waals surface area contributed by atoms with Gasteiger partial charge >= 0.3 is 0 Å². The first-order valence-corrected chi connectivity index (χ1v) is 3.21. The van der Waals surface area contributed by atoms with Crippen LogP contribution in [-0.4, -0.2) is 22.4 Å². The Morgan fingerprint density at radius 2 is 2.09 bits per heavy atom. The van der Waals surface area contributed by atoms with Crippen molar-refractivity contribution in [1.29, 1.82) is 0 Å². The van der Waals surface area contributed by atoms with E-state index >= 15 is 0 Å². The molecule has 0 saturated carbocycles. The molecule has 0 heterocycles. The van der Waals surface area contributed by atoms with E-state index in [1.165, 1.54) is 0 Å². The van der Waals surface area contributed by atoms with Gasteiger partial charge in [-0.3, -0.25) is 10.1 Å². The second-order valence-electron chi connectivity index (χ2n) is 3.29. The fraction of sp³-hybridized carbons (Fsp3) is 0.833. The summed E-state index contributed by atoms with van der Waals surface area (Å²) in [6, 6.07) is 0. The smallest absolute Gasteiger partial charge is 0.245 e. The summed E-state index contributed by atoms with van der Waals surface area (Å²) < 4.78 is 0. The minimum atomic E-state index is -0.514. The maximum Gasteiger partial charge on any atom is 0.245 e. The molecule has 0 aromatic carbocycles. The summed E-state index contributed by atoms with van der Waals surface area (Å²) in [5, 5.41) is 21.3. The Labute approximate surface area is 64.9 Å². The molecule has 0 radical (unpaired) electrons. The summed E-state index contributed by atoms with van der Waals surface area (Å²) in [4.78, 5) is 9.52. The highest BCUT2D eigenvalue weighted by Gasteiger charge is 2.23. The largest absolute Gasteiger partial charge is 0.411 e. The topological polar surface area (TPSA) is 75.7 Å². The van der Waals surface area contributed by atoms with E-state index in [0.29, 0.717) is 0 Å². The summed E-state index contributed by atoms with van der Waals surface area (Å²) in [5.74, 6) is 0. The lowest BCUT2D eigenvalue weighted by molar-refractivity contribution is -0.464. The van der Waals surface area contributed by atoms with E-state index in [2.05, 4.69) is 5.16 Å². The predicted molar refractivity (Wildman–Crippen MR) is 40.5 cm³/mol. The fourth-order valence-corrected chi connectivity index (χ4v) is 0.541. The van der Waals surface area contributed by atoms with Crippen LogP contribution in [0.15, 0.2) is 5.16 Å². The van der Waals surface area contributed by atoms with Gasteiger partial charge in [0.1, 0.15) is 5.71 Å². The summed E-state index contributed by atoms with van der Waals surface area (Å²) in [6.07, 6.45) is 0. The van der Waals surface area contributed by atoms with Gasteiger partial charge in [-0.15, -0.1) is 0 Å². The Balaban J connectivity index is 4.33. The van der Waals surface area contributed by atoms with Crippen molar-refractivity contribution < 1.29 is 10.1 Å². The lowest BCUT2D eigenvalue weighted by Gasteiger charge is -2.15. The molecular formula is C6H12N2O3. The zero-order chi connectivity index (χ0) is 9.07. The first-order chi connectivity index (χ1) is 4.88. The van der Waals surface area contributed by atoms with E-state index in [4.69, 9.17) is 5.21 Å². The van der Waals surface area contributed by atoms with Gasteiger partial charge in [0, 0.05) is 10.3 Å². The molecule has 0 atom stereocenters. The van der Waals surface area contributed by atoms with Crippen LogP contribution in [0.4, 0.5) is 0 Å². The molecular weight excluding hydrogens is 148 g/mol. The van der Waals surface area contributed by atoms with E-state index in [-0.39, 0.29) is 5.71 Å². The molecule has 11 heavy (non-hydrogen) atoms. The number of oxime groups is 1. The normalized spacial score (nSPS) is 13.2. The molecule has 0 aliphatic rings. The van der Waals surface area contributed by atoms with Gasteiger partial charge in [-0.05, 0) is 0 Å². The van der Waals surface area contributed by atoms with Gasteiger partial charge in [-0.2, -0.15) is 0 Å². The fourth-order valence-electron chi connectivity index (χ4n) is 0.541. The highest BCUT2D eigenvalue weighted by Crippen LogP contribution is 2.15. The molecule has 1 N–H and O–H groups in total. The van der Waals surface area contributed by atoms with Crippen LogP contribution in [0, 0.1) is 15.5 Å². The highest BCUT2D eigenvalue weighted by molar-refractivity contribution is 5.89. The van der Waals surface area contributed by atoms with Crippen LogP contribution < -0.4 is 0 Å². The maximum atomic E-state index is 10.0. The van der Waals surface area contributed by atoms with Crippen molar-refractivity contribution in [2.45, 2.75) is 20.8 Å². The Bertz CT molecular complexity index is 181. The molecule has 5 heteroatoms. The Morgan fingerprint density at radius 1 is 1.64 bits per heavy atom. The number of hydrogen-bond acceptors (Lipinski definition) is 4. The van der Waals surface area contributed by atoms with Gasteiger partial charge in [0.15, 0.2) is 0 Å². The lowest BCUT2D eigenvalue weighted by Crippen LogP contribution is -2.27. The Hall–Kier alpha value is -1.13. The SMILES string of the molecule is CC(C)(C)C(C[N+](=O)[O-])=NO. The minimum Gasteiger partial charge on any atom is -0.411 e. The molecule has 0 aromatic rings. The van der Waals surface area contributed by atoms with Crippen LogP contribution in [0.1, 0.15) is 20.8 Å². The van der Waals surface area contributed by atoms with E-state index in [1.807, 2.05) is 0 Å². The zero-order valence-corrected chi connectivity index (χ0v) is 6.87. The first kappa shape index (κ1) is 9.87. The van der Waals surface area contributed by atoms with Gasteiger partial charge in [-0.25, -0.2) is 0 Å². The average molecular weight is 160 g/mol. The molecule has 64 valence electrons. The maximum absolute atomic E-state index is 10.0. The molecule has 0 aromatic heterocycles. The van der Waals surface area contributed by atoms with Gasteiger partial charge in [0.2, 0.25) is 6.54 Å². The molecule has 0 rings (SSSR count). The van der Waals surface area contributed by atoms with Crippen molar-refractivity contribution in [1.82, 2.24) is 0 Å². The van der Waals surface area contributed by atoms with Gasteiger partial charge in [0.25, 0.3) is 0 Å². The molecule has 0 fully saturated rings. The van der Waals surface area contributed by atoms with E-state index in [9.17, 15) is 10.1 Å². The third kappa shape index (κ3) is 3.54. The molecule has 5 nitrogen and oxygen atoms in total. The molecule has 0 amide bonds. The van der Waals surface area contributed by atoms with Crippen molar-refractivity contribution in [3.8, 4) is 0 Å². The number of nitro groups is 1. The minimum absolute atomic E-state index is 0.183. The van der Waals surface area contributed by atoms with Crippen LogP contribution in [0.5, 0.6) is 0 Å². The Kier molecular flexibility index (Phi) is 2.98. The predicted octanol–water partition coefficient (Wildman–Crippen LogP) is 1.14. The first-order valence-electron chi connectivity index (χ1n) is 3.21. The summed E-state index contributed by atoms with van der Waals surface area (Å²) in [6.45, 7) is 4.86. The van der Waals surface area contributed by atoms with E-state index < -0.39 is 16.9 Å². The molecule has 0 unspecified atom stereocenters. The zero-order valence-electron chi connectivity index (χ0n) is 6.87. The van der Waals surface area contributed by atoms with Crippen molar-refractivity contribution in [3.05, 3.63) is 10.1 Å². The third-order valence-electron chi connectivity index (χ3n) is 1.27. The number of rotatable bonds is 2. The van der Waals surface area contributed by atoms with Crippen molar-refractivity contribution in [2.24, 2.45) is 10.6 Å². The lowest BCUT2D eigenvalue weighted by atomic mass is 9.90. The van der Waals surface area contributed by atoms with Crippen LogP contribution in [-0.2, 0) is 0 Å². The second kappa shape index (κ2) is 3.32. The number of nitrogens with zero attached hydrogens (tertiary/aromatic N) is 2. The summed E-state index contributed by atoms with van der Waals surface area (Å²) >= 11 is 0. The highest BCUT2D eigenvalue weighted by atomic mass is 16.6. The summed E-state index contributed by atoms with van der Waals surface area (Å²) in [7, 11) is 0. The Morgan fingerprint density at radius 3 is 2.18 bits per heavy atom. The number of hydrogen-bond donors (Lipinski definition) is 1. The van der Waals surface area contributed by atoms with Crippen molar-refractivity contribution >= 4 is 5.71 Å². The molecule has 0 aliphatic heterocycles. The van der Waals surface area contributed by atoms with Crippen LogP contribution in [0.3, 0.4) is 0 Å². The van der Waals surface area contributed by atoms with Gasteiger partial charge in [0.05, 0.1) is 0 Å². The molecule has 0 aliphatic carbocycles. The van der Waals surface area contributed by atoms with Gasteiger partial charge < -0.3 is 5.21 Å². The standard InChI is InChI=1S/C6H12N2O3/c1-6(2,3)5(7-9)4-8(10)11/h9H,4H2,1-3H3. The monoisotopic (exact) mass is 160 g/mol. The molecule has 0 bridgehead atoms. The van der Waals surface area contributed by atoms with Crippen molar-refractivity contribution in [2.75, 3.05) is 6.54 Å². The van der Waals surface area contributed by atoms with Crippen molar-refractivity contribution in [3.63, 3.8) is 0 Å². The van der Waals surface area contributed by atoms with E-state index in [0.717, 1.165) is 0 Å². The quantitative estimate of drug-likeness (QED) is 0.285. The molecule has 0 spiro atoms. The second-order valence-corrected chi connectivity index (χ2v) is 3.29. The van der Waals surface area contributed by atoms with E-state index in [1.54, 1.807) is 20.8 Å². The summed E-state index contributed by atoms with van der Waals surface area (Å²) in [5.41, 5.74) is -0.260. The van der Waals surface area contributed by atoms with Crippen LogP contribution >= 0.6 is 0 Å². The van der Waals surface area contributed by atoms with Crippen LogP contribution in [0.25, 0.3) is 0 Å². The third-order valence-corrected chi connectivity index (χ3v) is 1.27. The molecule has 0 saturated heterocycles. The van der Waals surface area contributed by atoms with Crippen LogP contribution in [0.2, 0.25) is 0 Å². The average Bonchev–Trinajstić information content (AvgIpc) is 1.79.